The van der Waals surface area contributed by atoms with Crippen LogP contribution in [0.4, 0.5) is 10.5 Å². The molecule has 1 aromatic carbocycles. The van der Waals surface area contributed by atoms with E-state index in [9.17, 15) is 4.79 Å². The molecule has 7 heteroatoms. The predicted molar refractivity (Wildman–Crippen MR) is 121 cm³/mol. The first kappa shape index (κ1) is 21.0. The molecular formula is C22H35N5OS. The summed E-state index contributed by atoms with van der Waals surface area (Å²) in [5.74, 6) is 1.61. The van der Waals surface area contributed by atoms with Gasteiger partial charge in [-0.25, -0.2) is 4.79 Å². The zero-order chi connectivity index (χ0) is 20.2. The standard InChI is InChI=1S/C22H35N5OS/c1-25-8-10-26(11-9-25)15-18-16-27-7-6-17(18)12-20(27)14-23-22(28)24-19-4-3-5-21(13-19)29-2/h3-5,13,17-18,20H,6-12,14-16H2,1-2H3,(H2,23,24,28)/t17-,18+,20+/m0/s1. The first-order chi connectivity index (χ1) is 14.1. The van der Waals surface area contributed by atoms with Crippen LogP contribution in [-0.4, -0.2) is 92.4 Å². The summed E-state index contributed by atoms with van der Waals surface area (Å²) >= 11 is 1.68. The number of piperidine rings is 3. The van der Waals surface area contributed by atoms with E-state index in [1.807, 2.05) is 24.5 Å². The SMILES string of the molecule is CSc1cccc(NC(=O)NC[C@H]2C[C@@H]3CCN2C[C@H]3CN2CCN(C)CC2)c1. The molecule has 1 aromatic rings. The number of amides is 2. The van der Waals surface area contributed by atoms with E-state index >= 15 is 0 Å². The molecule has 4 aliphatic rings. The molecule has 4 heterocycles. The van der Waals surface area contributed by atoms with Gasteiger partial charge in [-0.05, 0) is 62.7 Å². The second kappa shape index (κ2) is 9.69. The average molecular weight is 418 g/mol. The van der Waals surface area contributed by atoms with E-state index < -0.39 is 0 Å². The van der Waals surface area contributed by atoms with Crippen molar-refractivity contribution < 1.29 is 4.79 Å². The Kier molecular flexibility index (Phi) is 7.00. The Morgan fingerprint density at radius 1 is 1.21 bits per heavy atom. The van der Waals surface area contributed by atoms with Crippen molar-refractivity contribution in [2.75, 3.05) is 71.0 Å². The van der Waals surface area contributed by atoms with Gasteiger partial charge < -0.3 is 20.4 Å². The van der Waals surface area contributed by atoms with Crippen LogP contribution in [0.3, 0.4) is 0 Å². The molecule has 0 saturated carbocycles. The summed E-state index contributed by atoms with van der Waals surface area (Å²) in [6, 6.07) is 8.38. The molecule has 5 rings (SSSR count). The number of carbonyl (C=O) groups excluding carboxylic acids is 1. The molecule has 160 valence electrons. The van der Waals surface area contributed by atoms with Crippen molar-refractivity contribution in [2.45, 2.75) is 23.8 Å². The van der Waals surface area contributed by atoms with Gasteiger partial charge in [0.15, 0.2) is 0 Å². The van der Waals surface area contributed by atoms with Crippen LogP contribution in [0.15, 0.2) is 29.2 Å². The van der Waals surface area contributed by atoms with Gasteiger partial charge in [-0.1, -0.05) is 6.07 Å². The van der Waals surface area contributed by atoms with Crippen molar-refractivity contribution in [2.24, 2.45) is 11.8 Å². The van der Waals surface area contributed by atoms with Gasteiger partial charge in [-0.2, -0.15) is 0 Å². The van der Waals surface area contributed by atoms with E-state index in [1.54, 1.807) is 11.8 Å². The highest BCUT2D eigenvalue weighted by molar-refractivity contribution is 7.98. The molecule has 2 amide bonds. The lowest BCUT2D eigenvalue weighted by atomic mass is 9.75. The van der Waals surface area contributed by atoms with Crippen molar-refractivity contribution in [3.8, 4) is 0 Å². The van der Waals surface area contributed by atoms with E-state index in [2.05, 4.69) is 38.4 Å². The van der Waals surface area contributed by atoms with Gasteiger partial charge in [0.25, 0.3) is 0 Å². The molecule has 6 nitrogen and oxygen atoms in total. The fourth-order valence-electron chi connectivity index (χ4n) is 5.12. The number of carbonyl (C=O) groups is 1. The average Bonchev–Trinajstić information content (AvgIpc) is 2.75. The van der Waals surface area contributed by atoms with Crippen molar-refractivity contribution in [3.63, 3.8) is 0 Å². The third kappa shape index (κ3) is 5.45. The molecule has 0 spiro atoms. The molecule has 29 heavy (non-hydrogen) atoms. The molecule has 4 saturated heterocycles. The molecule has 0 aliphatic carbocycles. The second-order valence-electron chi connectivity index (χ2n) is 8.86. The summed E-state index contributed by atoms with van der Waals surface area (Å²) in [7, 11) is 2.22. The van der Waals surface area contributed by atoms with Crippen molar-refractivity contribution >= 4 is 23.5 Å². The molecule has 4 aliphatic heterocycles. The zero-order valence-corrected chi connectivity index (χ0v) is 18.6. The number of hydrogen-bond donors (Lipinski definition) is 2. The van der Waals surface area contributed by atoms with Crippen molar-refractivity contribution in [3.05, 3.63) is 24.3 Å². The maximum absolute atomic E-state index is 12.4. The number of rotatable bonds is 6. The minimum absolute atomic E-state index is 0.0973. The van der Waals surface area contributed by atoms with Gasteiger partial charge in [0.05, 0.1) is 0 Å². The number of fused-ring (bicyclic) bond motifs is 3. The summed E-state index contributed by atoms with van der Waals surface area (Å²) in [4.78, 5) is 21.2. The van der Waals surface area contributed by atoms with E-state index in [0.29, 0.717) is 6.04 Å². The monoisotopic (exact) mass is 417 g/mol. The minimum Gasteiger partial charge on any atom is -0.336 e. The number of benzene rings is 1. The highest BCUT2D eigenvalue weighted by Gasteiger charge is 2.40. The lowest BCUT2D eigenvalue weighted by Crippen LogP contribution is -2.59. The lowest BCUT2D eigenvalue weighted by Gasteiger charge is -2.51. The van der Waals surface area contributed by atoms with Crippen molar-refractivity contribution in [1.29, 1.82) is 0 Å². The Hall–Kier alpha value is -1.28. The van der Waals surface area contributed by atoms with Crippen LogP contribution in [-0.2, 0) is 0 Å². The summed E-state index contributed by atoms with van der Waals surface area (Å²) < 4.78 is 0. The number of likely N-dealkylation sites (N-methyl/N-ethyl adjacent to an activating group) is 1. The number of nitrogens with zero attached hydrogens (tertiary/aromatic N) is 3. The summed E-state index contributed by atoms with van der Waals surface area (Å²) in [6.07, 6.45) is 4.59. The van der Waals surface area contributed by atoms with Gasteiger partial charge >= 0.3 is 6.03 Å². The molecule has 1 unspecified atom stereocenters. The number of thioether (sulfide) groups is 1. The van der Waals surface area contributed by atoms with Crippen LogP contribution < -0.4 is 10.6 Å². The van der Waals surface area contributed by atoms with Crippen LogP contribution in [0, 0.1) is 11.8 Å². The molecule has 2 N–H and O–H groups in total. The molecule has 4 atom stereocenters. The Labute approximate surface area is 179 Å². The topological polar surface area (TPSA) is 50.9 Å². The number of piperazine rings is 1. The summed E-state index contributed by atoms with van der Waals surface area (Å²) in [6.45, 7) is 9.19. The van der Waals surface area contributed by atoms with Gasteiger partial charge in [0.1, 0.15) is 0 Å². The first-order valence-electron chi connectivity index (χ1n) is 10.9. The van der Waals surface area contributed by atoms with Crippen LogP contribution in [0.25, 0.3) is 0 Å². The van der Waals surface area contributed by atoms with E-state index in [0.717, 1.165) is 29.0 Å². The first-order valence-corrected chi connectivity index (χ1v) is 12.2. The highest BCUT2D eigenvalue weighted by Crippen LogP contribution is 2.36. The fraction of sp³-hybridized carbons (Fsp3) is 0.682. The maximum Gasteiger partial charge on any atom is 0.319 e. The molecule has 2 bridgehead atoms. The quantitative estimate of drug-likeness (QED) is 0.697. The minimum atomic E-state index is -0.0973. The Morgan fingerprint density at radius 2 is 2.03 bits per heavy atom. The molecule has 4 fully saturated rings. The smallest absolute Gasteiger partial charge is 0.319 e. The van der Waals surface area contributed by atoms with Crippen LogP contribution >= 0.6 is 11.8 Å². The number of urea groups is 1. The van der Waals surface area contributed by atoms with Gasteiger partial charge in [-0.15, -0.1) is 11.8 Å². The Morgan fingerprint density at radius 3 is 2.76 bits per heavy atom. The van der Waals surface area contributed by atoms with E-state index in [-0.39, 0.29) is 6.03 Å². The summed E-state index contributed by atoms with van der Waals surface area (Å²) in [5, 5.41) is 6.08. The number of nitrogens with one attached hydrogen (secondary N) is 2. The predicted octanol–water partition coefficient (Wildman–Crippen LogP) is 2.49. The number of anilines is 1. The largest absolute Gasteiger partial charge is 0.336 e. The maximum atomic E-state index is 12.4. The van der Waals surface area contributed by atoms with Crippen molar-refractivity contribution in [1.82, 2.24) is 20.0 Å². The molecular weight excluding hydrogens is 382 g/mol. The molecule has 0 radical (unpaired) electrons. The van der Waals surface area contributed by atoms with Gasteiger partial charge in [0, 0.05) is 62.4 Å². The fourth-order valence-corrected chi connectivity index (χ4v) is 5.58. The lowest BCUT2D eigenvalue weighted by molar-refractivity contribution is -0.0155. The number of hydrogen-bond acceptors (Lipinski definition) is 5. The summed E-state index contributed by atoms with van der Waals surface area (Å²) in [5.41, 5.74) is 0.854. The third-order valence-corrected chi connectivity index (χ3v) is 7.65. The van der Waals surface area contributed by atoms with Gasteiger partial charge in [0.2, 0.25) is 0 Å². The Balaban J connectivity index is 1.22. The third-order valence-electron chi connectivity index (χ3n) is 6.93. The molecule has 0 aromatic heterocycles. The van der Waals surface area contributed by atoms with Crippen LogP contribution in [0.5, 0.6) is 0 Å². The Bertz CT molecular complexity index is 694. The van der Waals surface area contributed by atoms with Crippen LogP contribution in [0.1, 0.15) is 12.8 Å². The van der Waals surface area contributed by atoms with E-state index in [4.69, 9.17) is 0 Å². The van der Waals surface area contributed by atoms with E-state index in [1.165, 1.54) is 58.7 Å². The normalized spacial score (nSPS) is 30.3. The highest BCUT2D eigenvalue weighted by atomic mass is 32.2. The zero-order valence-electron chi connectivity index (χ0n) is 17.8. The van der Waals surface area contributed by atoms with Gasteiger partial charge in [-0.3, -0.25) is 4.90 Å². The second-order valence-corrected chi connectivity index (χ2v) is 9.74. The van der Waals surface area contributed by atoms with Crippen LogP contribution in [0.2, 0.25) is 0 Å².